The Kier molecular flexibility index (Phi) is 11.0. The molecule has 0 radical (unpaired) electrons. The van der Waals surface area contributed by atoms with E-state index in [1.807, 2.05) is 6.92 Å². The van der Waals surface area contributed by atoms with Crippen LogP contribution >= 0.6 is 0 Å². The molecule has 0 saturated carbocycles. The maximum Gasteiger partial charge on any atom is 0.330 e. The number of hydrogen-bond acceptors (Lipinski definition) is 4. The minimum atomic E-state index is -0.562. The molecule has 0 atom stereocenters. The molecule has 0 aliphatic heterocycles. The first-order valence-electron chi connectivity index (χ1n) is 4.50. The molecule has 0 aliphatic carbocycles. The van der Waals surface area contributed by atoms with Crippen molar-refractivity contribution >= 4 is 17.7 Å². The second-order valence-electron chi connectivity index (χ2n) is 2.72. The zero-order valence-corrected chi connectivity index (χ0v) is 9.12. The van der Waals surface area contributed by atoms with Gasteiger partial charge in [-0.3, -0.25) is 9.59 Å². The summed E-state index contributed by atoms with van der Waals surface area (Å²) in [5.41, 5.74) is 4.63. The Balaban J connectivity index is 0. The third kappa shape index (κ3) is 19.0. The standard InChI is InChI=1S/C6H10O2.C4H7NO2/c1-3-5-8-6(7)4-2;1-3(6)2-4(5)7/h4H,2-3,5H2,1H3;2H2,1H3,(H2,5,7). The predicted octanol–water partition coefficient (Wildman–Crippen LogP) is 0.576. The molecule has 0 fully saturated rings. The number of hydrogen-bond donors (Lipinski definition) is 1. The molecular weight excluding hydrogens is 198 g/mol. The molecule has 0 rings (SSSR count). The number of esters is 1. The molecule has 2 N–H and O–H groups in total. The number of rotatable bonds is 5. The molecule has 0 unspecified atom stereocenters. The first-order chi connectivity index (χ1) is 6.93. The van der Waals surface area contributed by atoms with Gasteiger partial charge < -0.3 is 10.5 Å². The second-order valence-corrected chi connectivity index (χ2v) is 2.72. The minimum Gasteiger partial charge on any atom is -0.463 e. The highest BCUT2D eigenvalue weighted by atomic mass is 16.5. The van der Waals surface area contributed by atoms with Gasteiger partial charge in [-0.25, -0.2) is 4.79 Å². The fourth-order valence-electron chi connectivity index (χ4n) is 0.507. The summed E-state index contributed by atoms with van der Waals surface area (Å²) in [5, 5.41) is 0. The van der Waals surface area contributed by atoms with Crippen LogP contribution in [0.5, 0.6) is 0 Å². The normalized spacial score (nSPS) is 8.13. The van der Waals surface area contributed by atoms with Crippen molar-refractivity contribution in [1.29, 1.82) is 0 Å². The van der Waals surface area contributed by atoms with Crippen molar-refractivity contribution in [3.63, 3.8) is 0 Å². The Hall–Kier alpha value is -1.65. The van der Waals surface area contributed by atoms with E-state index in [1.54, 1.807) is 0 Å². The molecule has 0 aromatic carbocycles. The smallest absolute Gasteiger partial charge is 0.330 e. The lowest BCUT2D eigenvalue weighted by Gasteiger charge is -1.94. The Morgan fingerprint density at radius 3 is 2.13 bits per heavy atom. The molecule has 15 heavy (non-hydrogen) atoms. The Morgan fingerprint density at radius 1 is 1.40 bits per heavy atom. The Labute approximate surface area is 89.3 Å². The van der Waals surface area contributed by atoms with Crippen LogP contribution in [0.4, 0.5) is 0 Å². The highest BCUT2D eigenvalue weighted by molar-refractivity contribution is 5.95. The molecule has 86 valence electrons. The number of nitrogens with two attached hydrogens (primary N) is 1. The summed E-state index contributed by atoms with van der Waals surface area (Å²) in [7, 11) is 0. The van der Waals surface area contributed by atoms with E-state index in [0.717, 1.165) is 12.5 Å². The fourth-order valence-corrected chi connectivity index (χ4v) is 0.507. The number of primary amides is 1. The third-order valence-electron chi connectivity index (χ3n) is 1.04. The van der Waals surface area contributed by atoms with Crippen LogP contribution in [0.25, 0.3) is 0 Å². The molecule has 5 nitrogen and oxygen atoms in total. The Morgan fingerprint density at radius 2 is 1.93 bits per heavy atom. The van der Waals surface area contributed by atoms with Crippen molar-refractivity contribution in [3.8, 4) is 0 Å². The van der Waals surface area contributed by atoms with Gasteiger partial charge in [0.05, 0.1) is 13.0 Å². The zero-order valence-electron chi connectivity index (χ0n) is 9.12. The minimum absolute atomic E-state index is 0.139. The SMILES string of the molecule is C=CC(=O)OCCC.CC(=O)CC(N)=O. The van der Waals surface area contributed by atoms with E-state index in [2.05, 4.69) is 17.0 Å². The van der Waals surface area contributed by atoms with Gasteiger partial charge in [0.2, 0.25) is 5.91 Å². The average Bonchev–Trinajstić information content (AvgIpc) is 2.12. The van der Waals surface area contributed by atoms with Gasteiger partial charge in [0.25, 0.3) is 0 Å². The van der Waals surface area contributed by atoms with Crippen molar-refractivity contribution < 1.29 is 19.1 Å². The van der Waals surface area contributed by atoms with Gasteiger partial charge in [0.15, 0.2) is 0 Å². The zero-order chi connectivity index (χ0) is 12.3. The van der Waals surface area contributed by atoms with Crippen LogP contribution < -0.4 is 5.73 Å². The van der Waals surface area contributed by atoms with Crippen molar-refractivity contribution in [3.05, 3.63) is 12.7 Å². The topological polar surface area (TPSA) is 86.5 Å². The van der Waals surface area contributed by atoms with Crippen molar-refractivity contribution in [2.75, 3.05) is 6.61 Å². The summed E-state index contributed by atoms with van der Waals surface area (Å²) >= 11 is 0. The van der Waals surface area contributed by atoms with E-state index in [0.29, 0.717) is 6.61 Å². The van der Waals surface area contributed by atoms with Gasteiger partial charge >= 0.3 is 5.97 Å². The van der Waals surface area contributed by atoms with Crippen molar-refractivity contribution in [1.82, 2.24) is 0 Å². The van der Waals surface area contributed by atoms with Gasteiger partial charge in [-0.1, -0.05) is 13.5 Å². The lowest BCUT2D eigenvalue weighted by molar-refractivity contribution is -0.137. The molecule has 0 spiro atoms. The maximum absolute atomic E-state index is 10.2. The average molecular weight is 215 g/mol. The molecule has 0 heterocycles. The van der Waals surface area contributed by atoms with Crippen LogP contribution in [0.3, 0.4) is 0 Å². The number of carbonyl (C=O) groups is 3. The maximum atomic E-state index is 10.2. The summed E-state index contributed by atoms with van der Waals surface area (Å²) in [6.07, 6.45) is 1.88. The molecule has 0 aliphatic rings. The Bertz CT molecular complexity index is 224. The number of Topliss-reactive ketones (excluding diaryl/α,β-unsaturated/α-hetero) is 1. The van der Waals surface area contributed by atoms with E-state index in [-0.39, 0.29) is 18.2 Å². The van der Waals surface area contributed by atoms with Crippen LogP contribution in [-0.4, -0.2) is 24.3 Å². The quantitative estimate of drug-likeness (QED) is 0.413. The van der Waals surface area contributed by atoms with Crippen LogP contribution in [0, 0.1) is 0 Å². The first kappa shape index (κ1) is 15.8. The molecular formula is C10H17NO4. The first-order valence-corrected chi connectivity index (χ1v) is 4.50. The van der Waals surface area contributed by atoms with Crippen LogP contribution in [0.15, 0.2) is 12.7 Å². The summed E-state index contributed by atoms with van der Waals surface area (Å²) in [6, 6.07) is 0. The number of ketones is 1. The predicted molar refractivity (Wildman–Crippen MR) is 55.9 cm³/mol. The van der Waals surface area contributed by atoms with E-state index in [4.69, 9.17) is 0 Å². The number of ether oxygens (including phenoxy) is 1. The number of amides is 1. The van der Waals surface area contributed by atoms with E-state index < -0.39 is 5.91 Å². The lowest BCUT2D eigenvalue weighted by Crippen LogP contribution is -2.13. The lowest BCUT2D eigenvalue weighted by atomic mass is 10.3. The highest BCUT2D eigenvalue weighted by Crippen LogP contribution is 1.81. The van der Waals surface area contributed by atoms with Gasteiger partial charge in [0, 0.05) is 6.08 Å². The monoisotopic (exact) mass is 215 g/mol. The molecule has 0 aromatic heterocycles. The van der Waals surface area contributed by atoms with E-state index in [1.165, 1.54) is 6.92 Å². The van der Waals surface area contributed by atoms with Crippen LogP contribution in [0.2, 0.25) is 0 Å². The van der Waals surface area contributed by atoms with Crippen molar-refractivity contribution in [2.45, 2.75) is 26.7 Å². The van der Waals surface area contributed by atoms with Gasteiger partial charge in [-0.05, 0) is 13.3 Å². The molecule has 0 bridgehead atoms. The van der Waals surface area contributed by atoms with Crippen LogP contribution in [0.1, 0.15) is 26.7 Å². The molecule has 0 aromatic rings. The number of carbonyl (C=O) groups excluding carboxylic acids is 3. The van der Waals surface area contributed by atoms with Crippen molar-refractivity contribution in [2.24, 2.45) is 5.73 Å². The molecule has 0 saturated heterocycles. The fraction of sp³-hybridized carbons (Fsp3) is 0.500. The van der Waals surface area contributed by atoms with Crippen LogP contribution in [-0.2, 0) is 19.1 Å². The van der Waals surface area contributed by atoms with Gasteiger partial charge in [-0.15, -0.1) is 0 Å². The van der Waals surface area contributed by atoms with Gasteiger partial charge in [0.1, 0.15) is 5.78 Å². The summed E-state index contributed by atoms with van der Waals surface area (Å²) in [5.74, 6) is -1.09. The molecule has 5 heteroatoms. The van der Waals surface area contributed by atoms with Gasteiger partial charge in [-0.2, -0.15) is 0 Å². The molecule has 1 amide bonds. The van der Waals surface area contributed by atoms with E-state index >= 15 is 0 Å². The highest BCUT2D eigenvalue weighted by Gasteiger charge is 1.95. The summed E-state index contributed by atoms with van der Waals surface area (Å²) < 4.78 is 4.58. The second kappa shape index (κ2) is 10.4. The summed E-state index contributed by atoms with van der Waals surface area (Å²) in [6.45, 7) is 6.99. The third-order valence-corrected chi connectivity index (χ3v) is 1.04. The van der Waals surface area contributed by atoms with E-state index in [9.17, 15) is 14.4 Å². The largest absolute Gasteiger partial charge is 0.463 e. The summed E-state index contributed by atoms with van der Waals surface area (Å²) in [4.78, 5) is 30.0.